The Morgan fingerprint density at radius 2 is 2.20 bits per heavy atom. The van der Waals surface area contributed by atoms with Crippen molar-refractivity contribution in [3.05, 3.63) is 35.5 Å². The summed E-state index contributed by atoms with van der Waals surface area (Å²) in [7, 11) is 0. The van der Waals surface area contributed by atoms with Crippen LogP contribution in [0, 0.1) is 6.92 Å². The van der Waals surface area contributed by atoms with Crippen LogP contribution in [-0.2, 0) is 6.54 Å². The number of hydrogen-bond donors (Lipinski definition) is 1. The van der Waals surface area contributed by atoms with Gasteiger partial charge >= 0.3 is 0 Å². The van der Waals surface area contributed by atoms with E-state index in [1.54, 1.807) is 0 Å². The molecule has 0 radical (unpaired) electrons. The van der Waals surface area contributed by atoms with E-state index in [1.165, 1.54) is 16.5 Å². The van der Waals surface area contributed by atoms with Gasteiger partial charge in [0.25, 0.3) is 0 Å². The molecule has 2 aromatic rings. The minimum absolute atomic E-state index is 0.272. The number of aliphatic hydroxyl groups is 1. The van der Waals surface area contributed by atoms with Gasteiger partial charge in [0.15, 0.2) is 0 Å². The second-order valence-electron chi connectivity index (χ2n) is 4.44. The van der Waals surface area contributed by atoms with Crippen LogP contribution in [0.3, 0.4) is 0 Å². The van der Waals surface area contributed by atoms with E-state index in [9.17, 15) is 5.11 Å². The highest BCUT2D eigenvalue weighted by Crippen LogP contribution is 2.31. The highest BCUT2D eigenvalue weighted by Gasteiger charge is 2.19. The van der Waals surface area contributed by atoms with Crippen LogP contribution < -0.4 is 0 Å². The van der Waals surface area contributed by atoms with Crippen molar-refractivity contribution in [2.45, 2.75) is 32.4 Å². The van der Waals surface area contributed by atoms with Crippen LogP contribution in [0.4, 0.5) is 0 Å². The van der Waals surface area contributed by atoms with Gasteiger partial charge in [-0.3, -0.25) is 0 Å². The lowest BCUT2D eigenvalue weighted by Gasteiger charge is -2.20. The monoisotopic (exact) mass is 201 g/mol. The molecule has 1 aromatic heterocycles. The number of benzene rings is 1. The average molecular weight is 201 g/mol. The molecule has 0 aliphatic carbocycles. The van der Waals surface area contributed by atoms with Crippen LogP contribution in [0.25, 0.3) is 10.9 Å². The molecule has 3 rings (SSSR count). The molecule has 0 fully saturated rings. The van der Waals surface area contributed by atoms with Crippen LogP contribution in [-0.4, -0.2) is 9.67 Å². The van der Waals surface area contributed by atoms with Gasteiger partial charge in [-0.25, -0.2) is 0 Å². The van der Waals surface area contributed by atoms with Crippen molar-refractivity contribution in [1.29, 1.82) is 0 Å². The molecule has 1 atom stereocenters. The first-order valence-corrected chi connectivity index (χ1v) is 5.53. The zero-order valence-electron chi connectivity index (χ0n) is 8.90. The number of aliphatic hydroxyl groups excluding tert-OH is 1. The molecule has 1 aliphatic heterocycles. The van der Waals surface area contributed by atoms with Crippen LogP contribution in [0.5, 0.6) is 0 Å². The maximum absolute atomic E-state index is 9.91. The number of rotatable bonds is 0. The summed E-state index contributed by atoms with van der Waals surface area (Å²) in [6.45, 7) is 3.14. The maximum atomic E-state index is 9.91. The Kier molecular flexibility index (Phi) is 1.86. The zero-order chi connectivity index (χ0) is 10.4. The first kappa shape index (κ1) is 8.98. The normalized spacial score (nSPS) is 20.5. The van der Waals surface area contributed by atoms with Crippen LogP contribution in [0.1, 0.15) is 30.2 Å². The molecular weight excluding hydrogens is 186 g/mol. The molecule has 1 N–H and O–H groups in total. The lowest BCUT2D eigenvalue weighted by atomic mass is 10.1. The van der Waals surface area contributed by atoms with Crippen LogP contribution in [0.15, 0.2) is 24.3 Å². The minimum atomic E-state index is -0.272. The third-order valence-electron chi connectivity index (χ3n) is 3.29. The van der Waals surface area contributed by atoms with Gasteiger partial charge in [0.1, 0.15) is 0 Å². The standard InChI is InChI=1S/C13H15NO/c1-9-4-5-11-10(7-9)8-12-13(15)3-2-6-14(11)12/h4-5,7-8,13,15H,2-3,6H2,1H3. The van der Waals surface area contributed by atoms with Gasteiger partial charge in [-0.2, -0.15) is 0 Å². The lowest BCUT2D eigenvalue weighted by Crippen LogP contribution is -2.14. The fourth-order valence-corrected chi connectivity index (χ4v) is 2.53. The number of aromatic nitrogens is 1. The van der Waals surface area contributed by atoms with Gasteiger partial charge in [0.05, 0.1) is 6.10 Å². The number of aryl methyl sites for hydroxylation is 2. The van der Waals surface area contributed by atoms with E-state index >= 15 is 0 Å². The summed E-state index contributed by atoms with van der Waals surface area (Å²) in [6, 6.07) is 8.61. The second-order valence-corrected chi connectivity index (χ2v) is 4.44. The van der Waals surface area contributed by atoms with E-state index < -0.39 is 0 Å². The zero-order valence-corrected chi connectivity index (χ0v) is 8.90. The minimum Gasteiger partial charge on any atom is -0.387 e. The van der Waals surface area contributed by atoms with E-state index in [1.807, 2.05) is 0 Å². The highest BCUT2D eigenvalue weighted by atomic mass is 16.3. The topological polar surface area (TPSA) is 25.2 Å². The Balaban J connectivity index is 2.30. The Labute approximate surface area is 89.1 Å². The molecule has 15 heavy (non-hydrogen) atoms. The Morgan fingerprint density at radius 1 is 1.33 bits per heavy atom. The number of fused-ring (bicyclic) bond motifs is 3. The van der Waals surface area contributed by atoms with Gasteiger partial charge in [-0.1, -0.05) is 11.6 Å². The maximum Gasteiger partial charge on any atom is 0.0940 e. The van der Waals surface area contributed by atoms with Gasteiger partial charge < -0.3 is 9.67 Å². The number of hydrogen-bond acceptors (Lipinski definition) is 1. The lowest BCUT2D eigenvalue weighted by molar-refractivity contribution is 0.140. The molecule has 0 amide bonds. The molecule has 0 saturated carbocycles. The summed E-state index contributed by atoms with van der Waals surface area (Å²) in [4.78, 5) is 0. The molecule has 0 spiro atoms. The van der Waals surface area contributed by atoms with Crippen molar-refractivity contribution in [3.8, 4) is 0 Å². The fourth-order valence-electron chi connectivity index (χ4n) is 2.53. The van der Waals surface area contributed by atoms with Gasteiger partial charge in [-0.15, -0.1) is 0 Å². The van der Waals surface area contributed by atoms with Crippen molar-refractivity contribution in [1.82, 2.24) is 4.57 Å². The summed E-state index contributed by atoms with van der Waals surface area (Å²) in [6.07, 6.45) is 1.70. The van der Waals surface area contributed by atoms with Gasteiger partial charge in [0, 0.05) is 23.1 Å². The highest BCUT2D eigenvalue weighted by molar-refractivity contribution is 5.82. The van der Waals surface area contributed by atoms with Crippen molar-refractivity contribution in [3.63, 3.8) is 0 Å². The summed E-state index contributed by atoms with van der Waals surface area (Å²) >= 11 is 0. The molecular formula is C13H15NO. The summed E-state index contributed by atoms with van der Waals surface area (Å²) < 4.78 is 2.25. The second kappa shape index (κ2) is 3.11. The Morgan fingerprint density at radius 3 is 3.07 bits per heavy atom. The Bertz CT molecular complexity index is 512. The summed E-state index contributed by atoms with van der Waals surface area (Å²) in [5.41, 5.74) is 3.62. The third kappa shape index (κ3) is 1.29. The first-order chi connectivity index (χ1) is 7.25. The van der Waals surface area contributed by atoms with E-state index in [0.29, 0.717) is 0 Å². The van der Waals surface area contributed by atoms with E-state index in [2.05, 4.69) is 35.8 Å². The summed E-state index contributed by atoms with van der Waals surface area (Å²) in [5, 5.41) is 11.2. The van der Waals surface area contributed by atoms with Gasteiger partial charge in [0.2, 0.25) is 0 Å². The largest absolute Gasteiger partial charge is 0.387 e. The molecule has 0 bridgehead atoms. The average Bonchev–Trinajstić information content (AvgIpc) is 2.57. The Hall–Kier alpha value is -1.28. The molecule has 78 valence electrons. The van der Waals surface area contributed by atoms with Crippen molar-refractivity contribution >= 4 is 10.9 Å². The summed E-state index contributed by atoms with van der Waals surface area (Å²) in [5.74, 6) is 0. The van der Waals surface area contributed by atoms with E-state index in [0.717, 1.165) is 25.1 Å². The predicted octanol–water partition coefficient (Wildman–Crippen LogP) is 2.78. The van der Waals surface area contributed by atoms with E-state index in [-0.39, 0.29) is 6.10 Å². The molecule has 2 nitrogen and oxygen atoms in total. The third-order valence-corrected chi connectivity index (χ3v) is 3.29. The quantitative estimate of drug-likeness (QED) is 0.696. The molecule has 1 unspecified atom stereocenters. The fraction of sp³-hybridized carbons (Fsp3) is 0.385. The molecule has 2 heteroatoms. The van der Waals surface area contributed by atoms with Crippen LogP contribution in [0.2, 0.25) is 0 Å². The van der Waals surface area contributed by atoms with E-state index in [4.69, 9.17) is 0 Å². The van der Waals surface area contributed by atoms with Crippen molar-refractivity contribution in [2.75, 3.05) is 0 Å². The van der Waals surface area contributed by atoms with Crippen molar-refractivity contribution < 1.29 is 5.11 Å². The first-order valence-electron chi connectivity index (χ1n) is 5.53. The molecule has 2 heterocycles. The molecule has 1 aromatic carbocycles. The number of nitrogens with zero attached hydrogens (tertiary/aromatic N) is 1. The van der Waals surface area contributed by atoms with Gasteiger partial charge in [-0.05, 0) is 38.0 Å². The smallest absolute Gasteiger partial charge is 0.0940 e. The molecule has 0 saturated heterocycles. The SMILES string of the molecule is Cc1ccc2c(c1)cc1n2CCCC1O. The van der Waals surface area contributed by atoms with Crippen LogP contribution >= 0.6 is 0 Å². The molecule has 1 aliphatic rings. The predicted molar refractivity (Wildman–Crippen MR) is 60.9 cm³/mol. The van der Waals surface area contributed by atoms with Crippen molar-refractivity contribution in [2.24, 2.45) is 0 Å².